The number of benzene rings is 2. The lowest BCUT2D eigenvalue weighted by Crippen LogP contribution is -2.24. The Morgan fingerprint density at radius 2 is 1.62 bits per heavy atom. The van der Waals surface area contributed by atoms with Gasteiger partial charge in [-0.05, 0) is 35.3 Å². The second kappa shape index (κ2) is 14.0. The zero-order valence-corrected chi connectivity index (χ0v) is 20.0. The van der Waals surface area contributed by atoms with Gasteiger partial charge in [0.15, 0.2) is 9.84 Å². The number of sulfone groups is 1. The molecule has 0 aliphatic rings. The first-order chi connectivity index (χ1) is 15.5. The van der Waals surface area contributed by atoms with Crippen molar-refractivity contribution < 1.29 is 23.7 Å². The Morgan fingerprint density at radius 1 is 0.938 bits per heavy atom. The second-order valence-electron chi connectivity index (χ2n) is 7.86. The van der Waals surface area contributed by atoms with Gasteiger partial charge in [-0.1, -0.05) is 69.4 Å². The molecule has 0 saturated heterocycles. The highest BCUT2D eigenvalue weighted by Crippen LogP contribution is 2.30. The molecule has 0 bridgehead atoms. The van der Waals surface area contributed by atoms with Crippen LogP contribution in [0, 0.1) is 0 Å². The predicted molar refractivity (Wildman–Crippen MR) is 126 cm³/mol. The third-order valence-electron chi connectivity index (χ3n) is 5.23. The maximum Gasteiger partial charge on any atom is 0.184 e. The molecule has 2 aromatic rings. The number of likely N-dealkylation sites (N-methyl/N-ethyl adjacent to an activating group) is 1. The molecular weight excluding hydrogens is 426 g/mol. The highest BCUT2D eigenvalue weighted by atomic mass is 32.2. The molecule has 7 nitrogen and oxygen atoms in total. The highest BCUT2D eigenvalue weighted by Gasteiger charge is 2.22. The molecule has 2 N–H and O–H groups in total. The lowest BCUT2D eigenvalue weighted by molar-refractivity contribution is -0.292. The van der Waals surface area contributed by atoms with Crippen molar-refractivity contribution in [3.63, 3.8) is 0 Å². The second-order valence-corrected chi connectivity index (χ2v) is 9.82. The van der Waals surface area contributed by atoms with E-state index in [0.29, 0.717) is 25.3 Å². The first kappa shape index (κ1) is 26.0. The Kier molecular flexibility index (Phi) is 11.3. The minimum Gasteiger partial charge on any atom is -0.372 e. The molecule has 0 aromatic heterocycles. The third-order valence-corrected chi connectivity index (χ3v) is 6.94. The van der Waals surface area contributed by atoms with Crippen LogP contribution in [-0.2, 0) is 25.4 Å². The van der Waals surface area contributed by atoms with Gasteiger partial charge in [-0.2, -0.15) is 5.53 Å². The maximum atomic E-state index is 13.0. The quantitative estimate of drug-likeness (QED) is 0.174. The van der Waals surface area contributed by atoms with Crippen molar-refractivity contribution in [1.82, 2.24) is 0 Å². The van der Waals surface area contributed by atoms with E-state index < -0.39 is 9.84 Å². The fraction of sp³-hybridized carbons (Fsp3) is 0.500. The molecule has 176 valence electrons. The van der Waals surface area contributed by atoms with E-state index in [1.54, 1.807) is 30.3 Å². The van der Waals surface area contributed by atoms with E-state index in [1.807, 2.05) is 30.1 Å². The van der Waals surface area contributed by atoms with E-state index in [2.05, 4.69) is 12.0 Å². The third kappa shape index (κ3) is 8.68. The first-order valence-corrected chi connectivity index (χ1v) is 12.9. The summed E-state index contributed by atoms with van der Waals surface area (Å²) >= 11 is 0. The summed E-state index contributed by atoms with van der Waals surface area (Å²) in [7, 11) is -1.74. The molecule has 8 heteroatoms. The number of nitrogens with zero attached hydrogens (tertiary/aromatic N) is 2. The van der Waals surface area contributed by atoms with Crippen LogP contribution in [0.15, 0.2) is 58.5 Å². The standard InChI is InChI=1S/C24H35N3O4S/c1-3-4-5-6-7-11-17-30-31-18-16-27(2)22-14-15-23(26-25)24(19-22)32(28,29)20-21-12-9-8-10-13-21/h8-10,12-15,19,25H,3-7,11,16-18,20H2,1-2H3/p+1. The van der Waals surface area contributed by atoms with Crippen LogP contribution in [0.2, 0.25) is 0 Å². The smallest absolute Gasteiger partial charge is 0.184 e. The van der Waals surface area contributed by atoms with Crippen molar-refractivity contribution in [3.8, 4) is 0 Å². The summed E-state index contributed by atoms with van der Waals surface area (Å²) in [5.41, 5.74) is 7.15. The van der Waals surface area contributed by atoms with Gasteiger partial charge in [-0.3, -0.25) is 0 Å². The van der Waals surface area contributed by atoms with Gasteiger partial charge in [-0.15, -0.1) is 0 Å². The number of hydrogen-bond acceptors (Lipinski definition) is 6. The lowest BCUT2D eigenvalue weighted by Gasteiger charge is -2.20. The van der Waals surface area contributed by atoms with Gasteiger partial charge in [0.05, 0.1) is 19.0 Å². The summed E-state index contributed by atoms with van der Waals surface area (Å²) in [4.78, 5) is 12.6. The molecule has 0 amide bonds. The van der Waals surface area contributed by atoms with Crippen molar-refractivity contribution in [1.29, 1.82) is 0 Å². The fourth-order valence-electron chi connectivity index (χ4n) is 3.33. The van der Waals surface area contributed by atoms with Gasteiger partial charge >= 0.3 is 0 Å². The van der Waals surface area contributed by atoms with Crippen LogP contribution in [0.25, 0.3) is 0 Å². The average molecular weight is 463 g/mol. The van der Waals surface area contributed by atoms with Crippen LogP contribution in [-0.4, -0.2) is 35.2 Å². The topological polar surface area (TPSA) is 93.8 Å². The molecule has 0 aliphatic heterocycles. The van der Waals surface area contributed by atoms with E-state index in [4.69, 9.17) is 15.3 Å². The molecular formula is C24H36N3O4S+. The molecule has 0 saturated carbocycles. The van der Waals surface area contributed by atoms with Gasteiger partial charge in [0.1, 0.15) is 10.6 Å². The number of nitrogens with two attached hydrogens (primary N) is 1. The highest BCUT2D eigenvalue weighted by molar-refractivity contribution is 7.90. The van der Waals surface area contributed by atoms with Crippen LogP contribution >= 0.6 is 0 Å². The van der Waals surface area contributed by atoms with Crippen molar-refractivity contribution in [3.05, 3.63) is 54.1 Å². The van der Waals surface area contributed by atoms with E-state index in [0.717, 1.165) is 18.5 Å². The van der Waals surface area contributed by atoms with Gasteiger partial charge in [-0.25, -0.2) is 18.2 Å². The zero-order chi connectivity index (χ0) is 23.2. The van der Waals surface area contributed by atoms with Gasteiger partial charge < -0.3 is 4.90 Å². The van der Waals surface area contributed by atoms with Crippen LogP contribution < -0.4 is 10.4 Å². The average Bonchev–Trinajstić information content (AvgIpc) is 2.80. The Bertz CT molecular complexity index is 920. The number of unbranched alkanes of at least 4 members (excludes halogenated alkanes) is 5. The minimum atomic E-state index is -3.61. The number of anilines is 1. The van der Waals surface area contributed by atoms with Crippen molar-refractivity contribution in [2.24, 2.45) is 5.11 Å². The fourth-order valence-corrected chi connectivity index (χ4v) is 4.86. The molecule has 2 rings (SSSR count). The van der Waals surface area contributed by atoms with Crippen molar-refractivity contribution >= 4 is 21.2 Å². The first-order valence-electron chi connectivity index (χ1n) is 11.2. The van der Waals surface area contributed by atoms with Crippen molar-refractivity contribution in [2.45, 2.75) is 56.1 Å². The van der Waals surface area contributed by atoms with Crippen LogP contribution in [0.5, 0.6) is 0 Å². The minimum absolute atomic E-state index is 0.112. The van der Waals surface area contributed by atoms with E-state index in [-0.39, 0.29) is 16.3 Å². The van der Waals surface area contributed by atoms with E-state index >= 15 is 0 Å². The molecule has 2 aromatic carbocycles. The Balaban J connectivity index is 1.87. The largest absolute Gasteiger partial charge is 0.372 e. The lowest BCUT2D eigenvalue weighted by atomic mass is 10.1. The molecule has 0 spiro atoms. The van der Waals surface area contributed by atoms with Gasteiger partial charge in [0.25, 0.3) is 0 Å². The predicted octanol–water partition coefficient (Wildman–Crippen LogP) is 4.25. The normalized spacial score (nSPS) is 11.4. The van der Waals surface area contributed by atoms with Crippen LogP contribution in [0.4, 0.5) is 11.4 Å². The Labute approximate surface area is 192 Å². The molecule has 0 radical (unpaired) electrons. The maximum absolute atomic E-state index is 13.0. The summed E-state index contributed by atoms with van der Waals surface area (Å²) in [5, 5.41) is 3.66. The molecule has 0 fully saturated rings. The molecule has 0 aliphatic carbocycles. The molecule has 32 heavy (non-hydrogen) atoms. The molecule has 0 atom stereocenters. The van der Waals surface area contributed by atoms with Crippen LogP contribution in [0.1, 0.15) is 51.0 Å². The van der Waals surface area contributed by atoms with E-state index in [1.165, 1.54) is 25.7 Å². The molecule has 0 heterocycles. The summed E-state index contributed by atoms with van der Waals surface area (Å²) in [6.07, 6.45) is 7.20. The summed E-state index contributed by atoms with van der Waals surface area (Å²) in [6.45, 7) is 3.72. The summed E-state index contributed by atoms with van der Waals surface area (Å²) < 4.78 is 26.0. The molecule has 0 unspecified atom stereocenters. The Hall–Kier alpha value is -2.29. The SMILES string of the molecule is CCCCCCCCOOCCN(C)c1ccc(N=[NH2+])c(S(=O)(=O)Cc2ccccc2)c1. The number of hydrogen-bond donors (Lipinski definition) is 1. The van der Waals surface area contributed by atoms with Crippen LogP contribution in [0.3, 0.4) is 0 Å². The zero-order valence-electron chi connectivity index (χ0n) is 19.2. The summed E-state index contributed by atoms with van der Waals surface area (Å²) in [6, 6.07) is 14.1. The van der Waals surface area contributed by atoms with E-state index in [9.17, 15) is 8.42 Å². The Morgan fingerprint density at radius 3 is 2.34 bits per heavy atom. The monoisotopic (exact) mass is 462 g/mol. The van der Waals surface area contributed by atoms with Gasteiger partial charge in [0.2, 0.25) is 0 Å². The van der Waals surface area contributed by atoms with Crippen molar-refractivity contribution in [2.75, 3.05) is 31.7 Å². The number of rotatable bonds is 16. The van der Waals surface area contributed by atoms with Gasteiger partial charge in [0, 0.05) is 19.3 Å². The summed E-state index contributed by atoms with van der Waals surface area (Å²) in [5.74, 6) is -0.112.